The number of rotatable bonds is 3. The molecule has 2 aromatic rings. The van der Waals surface area contributed by atoms with Crippen molar-refractivity contribution >= 4 is 48.0 Å². The van der Waals surface area contributed by atoms with Gasteiger partial charge in [0.15, 0.2) is 9.84 Å². The van der Waals surface area contributed by atoms with Crippen LogP contribution in [0.2, 0.25) is 0 Å². The fourth-order valence-corrected chi connectivity index (χ4v) is 4.77. The zero-order chi connectivity index (χ0) is 15.0. The van der Waals surface area contributed by atoms with E-state index >= 15 is 0 Å². The van der Waals surface area contributed by atoms with Crippen molar-refractivity contribution in [2.24, 2.45) is 0 Å². The van der Waals surface area contributed by atoms with Gasteiger partial charge in [0.25, 0.3) is 0 Å². The summed E-state index contributed by atoms with van der Waals surface area (Å²) in [5.74, 6) is 0.299. The number of sulfone groups is 1. The molecule has 1 atom stereocenters. The molecule has 1 aliphatic heterocycles. The maximum atomic E-state index is 11.9. The van der Waals surface area contributed by atoms with E-state index in [0.717, 1.165) is 33.9 Å². The van der Waals surface area contributed by atoms with Gasteiger partial charge in [0, 0.05) is 28.3 Å². The lowest BCUT2D eigenvalue weighted by Crippen LogP contribution is -2.25. The Balaban J connectivity index is 1.89. The minimum absolute atomic E-state index is 0.299. The number of nitrogens with two attached hydrogens (primary N) is 1. The van der Waals surface area contributed by atoms with Crippen LogP contribution in [0, 0.1) is 0 Å². The first kappa shape index (κ1) is 14.6. The number of nitrogens with one attached hydrogen (secondary N) is 1. The van der Waals surface area contributed by atoms with Crippen LogP contribution >= 0.6 is 15.9 Å². The molecule has 1 aliphatic rings. The second kappa shape index (κ2) is 5.46. The third-order valence-corrected chi connectivity index (χ3v) is 6.54. The lowest BCUT2D eigenvalue weighted by Gasteiger charge is -2.14. The van der Waals surface area contributed by atoms with Gasteiger partial charge in [0.1, 0.15) is 0 Å². The topological polar surface area (TPSA) is 85.1 Å². The van der Waals surface area contributed by atoms with E-state index in [1.165, 1.54) is 0 Å². The Labute approximate surface area is 132 Å². The number of fused-ring (bicyclic) bond motifs is 1. The van der Waals surface area contributed by atoms with Gasteiger partial charge in [-0.15, -0.1) is 0 Å². The van der Waals surface area contributed by atoms with Gasteiger partial charge in [-0.05, 0) is 47.0 Å². The molecule has 3 N–H and O–H groups in total. The molecule has 7 heteroatoms. The SMILES string of the molecule is Nc1ccc(NCC2CCCS2(=O)=O)c2ncc(Br)cc12. The molecule has 1 aromatic heterocycles. The molecule has 0 amide bonds. The van der Waals surface area contributed by atoms with Crippen molar-refractivity contribution in [3.63, 3.8) is 0 Å². The number of anilines is 2. The van der Waals surface area contributed by atoms with E-state index in [9.17, 15) is 8.42 Å². The third kappa shape index (κ3) is 2.85. The lowest BCUT2D eigenvalue weighted by atomic mass is 10.1. The van der Waals surface area contributed by atoms with E-state index in [0.29, 0.717) is 18.0 Å². The Morgan fingerprint density at radius 3 is 2.95 bits per heavy atom. The Morgan fingerprint density at radius 2 is 2.24 bits per heavy atom. The minimum Gasteiger partial charge on any atom is -0.398 e. The molecule has 2 heterocycles. The van der Waals surface area contributed by atoms with Crippen molar-refractivity contribution in [2.45, 2.75) is 18.1 Å². The quantitative estimate of drug-likeness (QED) is 0.812. The van der Waals surface area contributed by atoms with Crippen molar-refractivity contribution < 1.29 is 8.42 Å². The summed E-state index contributed by atoms with van der Waals surface area (Å²) in [6, 6.07) is 5.57. The second-order valence-corrected chi connectivity index (χ2v) is 8.58. The second-order valence-electron chi connectivity index (χ2n) is 5.26. The number of benzene rings is 1. The van der Waals surface area contributed by atoms with Crippen LogP contribution in [0.1, 0.15) is 12.8 Å². The molecule has 0 spiro atoms. The van der Waals surface area contributed by atoms with Gasteiger partial charge in [-0.3, -0.25) is 4.98 Å². The molecule has 0 saturated carbocycles. The van der Waals surface area contributed by atoms with Gasteiger partial charge in [-0.1, -0.05) is 0 Å². The van der Waals surface area contributed by atoms with Crippen LogP contribution in [-0.2, 0) is 9.84 Å². The number of pyridine rings is 1. The fraction of sp³-hybridized carbons (Fsp3) is 0.357. The fourth-order valence-electron chi connectivity index (χ4n) is 2.67. The van der Waals surface area contributed by atoms with Crippen LogP contribution in [0.4, 0.5) is 11.4 Å². The van der Waals surface area contributed by atoms with E-state index in [-0.39, 0.29) is 5.25 Å². The van der Waals surface area contributed by atoms with Crippen LogP contribution in [0.5, 0.6) is 0 Å². The van der Waals surface area contributed by atoms with Crippen molar-refractivity contribution in [3.05, 3.63) is 28.9 Å². The summed E-state index contributed by atoms with van der Waals surface area (Å²) in [7, 11) is -2.94. The molecule has 112 valence electrons. The minimum atomic E-state index is -2.94. The molecule has 3 rings (SSSR count). The number of hydrogen-bond acceptors (Lipinski definition) is 5. The van der Waals surface area contributed by atoms with Gasteiger partial charge >= 0.3 is 0 Å². The molecule has 0 aliphatic carbocycles. The highest BCUT2D eigenvalue weighted by Gasteiger charge is 2.30. The zero-order valence-electron chi connectivity index (χ0n) is 11.3. The number of halogens is 1. The standard InChI is InChI=1S/C14H16BrN3O2S/c15-9-6-11-12(16)3-4-13(14(11)18-7-9)17-8-10-2-1-5-21(10,19)20/h3-4,6-7,10,17H,1-2,5,8,16H2. The molecule has 1 saturated heterocycles. The lowest BCUT2D eigenvalue weighted by molar-refractivity contribution is 0.591. The highest BCUT2D eigenvalue weighted by atomic mass is 79.9. The van der Waals surface area contributed by atoms with E-state index in [1.807, 2.05) is 18.2 Å². The highest BCUT2D eigenvalue weighted by molar-refractivity contribution is 9.10. The molecular formula is C14H16BrN3O2S. The van der Waals surface area contributed by atoms with Crippen LogP contribution in [0.25, 0.3) is 10.9 Å². The summed E-state index contributed by atoms with van der Waals surface area (Å²) in [6.45, 7) is 0.416. The molecule has 21 heavy (non-hydrogen) atoms. The smallest absolute Gasteiger partial charge is 0.154 e. The summed E-state index contributed by atoms with van der Waals surface area (Å²) < 4.78 is 24.6. The number of nitrogen functional groups attached to an aromatic ring is 1. The van der Waals surface area contributed by atoms with E-state index in [4.69, 9.17) is 5.73 Å². The molecular weight excluding hydrogens is 354 g/mol. The molecule has 1 fully saturated rings. The van der Waals surface area contributed by atoms with Gasteiger partial charge in [0.2, 0.25) is 0 Å². The van der Waals surface area contributed by atoms with Crippen LogP contribution < -0.4 is 11.1 Å². The van der Waals surface area contributed by atoms with Gasteiger partial charge in [-0.25, -0.2) is 8.42 Å². The number of aromatic nitrogens is 1. The Kier molecular flexibility index (Phi) is 3.79. The van der Waals surface area contributed by atoms with Crippen molar-refractivity contribution in [1.82, 2.24) is 4.98 Å². The molecule has 0 radical (unpaired) electrons. The third-order valence-electron chi connectivity index (χ3n) is 3.83. The van der Waals surface area contributed by atoms with E-state index < -0.39 is 9.84 Å². The van der Waals surface area contributed by atoms with Crippen molar-refractivity contribution in [2.75, 3.05) is 23.3 Å². The maximum Gasteiger partial charge on any atom is 0.154 e. The van der Waals surface area contributed by atoms with Crippen LogP contribution in [0.15, 0.2) is 28.9 Å². The Morgan fingerprint density at radius 1 is 1.43 bits per heavy atom. The predicted molar refractivity (Wildman–Crippen MR) is 89.2 cm³/mol. The average Bonchev–Trinajstić information content (AvgIpc) is 2.77. The summed E-state index contributed by atoms with van der Waals surface area (Å²) in [4.78, 5) is 4.38. The molecule has 0 bridgehead atoms. The first-order valence-corrected chi connectivity index (χ1v) is 9.27. The average molecular weight is 370 g/mol. The normalized spacial score (nSPS) is 20.7. The molecule has 5 nitrogen and oxygen atoms in total. The van der Waals surface area contributed by atoms with Crippen molar-refractivity contribution in [1.29, 1.82) is 0 Å². The van der Waals surface area contributed by atoms with Crippen LogP contribution in [0.3, 0.4) is 0 Å². The number of hydrogen-bond donors (Lipinski definition) is 2. The monoisotopic (exact) mass is 369 g/mol. The first-order valence-electron chi connectivity index (χ1n) is 6.76. The maximum absolute atomic E-state index is 11.9. The van der Waals surface area contributed by atoms with Gasteiger partial charge < -0.3 is 11.1 Å². The molecule has 1 unspecified atom stereocenters. The van der Waals surface area contributed by atoms with Gasteiger partial charge in [0.05, 0.1) is 22.2 Å². The van der Waals surface area contributed by atoms with Crippen LogP contribution in [-0.4, -0.2) is 30.9 Å². The van der Waals surface area contributed by atoms with Gasteiger partial charge in [-0.2, -0.15) is 0 Å². The Bertz CT molecular complexity index is 792. The predicted octanol–water partition coefficient (Wildman–Crippen LogP) is 2.57. The highest BCUT2D eigenvalue weighted by Crippen LogP contribution is 2.29. The van der Waals surface area contributed by atoms with E-state index in [1.54, 1.807) is 6.20 Å². The first-order chi connectivity index (χ1) is 9.97. The Hall–Kier alpha value is -1.34. The van der Waals surface area contributed by atoms with Crippen molar-refractivity contribution in [3.8, 4) is 0 Å². The zero-order valence-corrected chi connectivity index (χ0v) is 13.7. The van der Waals surface area contributed by atoms with E-state index in [2.05, 4.69) is 26.2 Å². The summed E-state index contributed by atoms with van der Waals surface area (Å²) in [5, 5.41) is 3.76. The molecule has 1 aromatic carbocycles. The summed E-state index contributed by atoms with van der Waals surface area (Å²) >= 11 is 3.38. The largest absolute Gasteiger partial charge is 0.398 e. The summed E-state index contributed by atoms with van der Waals surface area (Å²) in [6.07, 6.45) is 3.18. The number of nitrogens with zero attached hydrogens (tertiary/aromatic N) is 1. The summed E-state index contributed by atoms with van der Waals surface area (Å²) in [5.41, 5.74) is 8.19.